The van der Waals surface area contributed by atoms with Crippen LogP contribution in [0.15, 0.2) is 68.4 Å². The highest BCUT2D eigenvalue weighted by molar-refractivity contribution is 4.98. The Balaban J connectivity index is 0.00000425. The van der Waals surface area contributed by atoms with E-state index < -0.39 is 0 Å². The van der Waals surface area contributed by atoms with Crippen LogP contribution in [0.3, 0.4) is 0 Å². The number of unbranched alkanes of at least 4 members (excludes halogenated alkanes) is 1. The fourth-order valence-electron chi connectivity index (χ4n) is 4.89. The molecule has 0 aliphatic rings. The maximum absolute atomic E-state index is 6.16. The number of hydrogen-bond donors (Lipinski definition) is 2. The van der Waals surface area contributed by atoms with Crippen molar-refractivity contribution in [1.82, 2.24) is 10.6 Å². The highest BCUT2D eigenvalue weighted by Gasteiger charge is 2.29. The first kappa shape index (κ1) is 43.7. The van der Waals surface area contributed by atoms with Gasteiger partial charge in [0.1, 0.15) is 17.3 Å². The SMILES string of the molecule is CC.CCC(COCCCOCCCCc1ccco1)(COCCCOCCNCc1ccco1)COCCCOCCNCc1ccco1. The summed E-state index contributed by atoms with van der Waals surface area (Å²) >= 11 is 0. The molecule has 3 aromatic rings. The maximum atomic E-state index is 6.16. The maximum Gasteiger partial charge on any atom is 0.117 e. The van der Waals surface area contributed by atoms with Crippen molar-refractivity contribution in [2.24, 2.45) is 5.41 Å². The van der Waals surface area contributed by atoms with Gasteiger partial charge in [0.05, 0.1) is 64.9 Å². The third kappa shape index (κ3) is 22.4. The summed E-state index contributed by atoms with van der Waals surface area (Å²) in [6.45, 7) is 16.9. The first-order chi connectivity index (χ1) is 24.8. The predicted molar refractivity (Wildman–Crippen MR) is 195 cm³/mol. The Morgan fingerprint density at radius 1 is 0.500 bits per heavy atom. The van der Waals surface area contributed by atoms with Gasteiger partial charge in [-0.15, -0.1) is 0 Å². The Morgan fingerprint density at radius 2 is 0.900 bits per heavy atom. The van der Waals surface area contributed by atoms with Gasteiger partial charge in [-0.25, -0.2) is 0 Å². The molecule has 0 atom stereocenters. The van der Waals surface area contributed by atoms with Crippen LogP contribution in [0.1, 0.15) is 76.6 Å². The van der Waals surface area contributed by atoms with Gasteiger partial charge in [0.2, 0.25) is 0 Å². The van der Waals surface area contributed by atoms with Crippen molar-refractivity contribution in [3.63, 3.8) is 0 Å². The van der Waals surface area contributed by atoms with Crippen LogP contribution < -0.4 is 10.6 Å². The highest BCUT2D eigenvalue weighted by atomic mass is 16.5. The minimum Gasteiger partial charge on any atom is -0.469 e. The van der Waals surface area contributed by atoms with Gasteiger partial charge >= 0.3 is 0 Å². The lowest BCUT2D eigenvalue weighted by atomic mass is 9.88. The van der Waals surface area contributed by atoms with Crippen molar-refractivity contribution >= 4 is 0 Å². The minimum atomic E-state index is -0.208. The van der Waals surface area contributed by atoms with Crippen molar-refractivity contribution in [1.29, 1.82) is 0 Å². The van der Waals surface area contributed by atoms with Crippen molar-refractivity contribution < 1.29 is 41.7 Å². The first-order valence-electron chi connectivity index (χ1n) is 18.7. The van der Waals surface area contributed by atoms with Crippen LogP contribution in [0.25, 0.3) is 0 Å². The topological polar surface area (TPSA) is 119 Å². The molecule has 2 N–H and O–H groups in total. The molecule has 0 bridgehead atoms. The van der Waals surface area contributed by atoms with Crippen LogP contribution in [0, 0.1) is 5.41 Å². The number of nitrogens with one attached hydrogen (secondary N) is 2. The van der Waals surface area contributed by atoms with Crippen molar-refractivity contribution in [2.45, 2.75) is 78.8 Å². The van der Waals surface area contributed by atoms with Gasteiger partial charge in [-0.3, -0.25) is 0 Å². The van der Waals surface area contributed by atoms with E-state index in [9.17, 15) is 0 Å². The summed E-state index contributed by atoms with van der Waals surface area (Å²) in [4.78, 5) is 0. The summed E-state index contributed by atoms with van der Waals surface area (Å²) in [6.07, 6.45) is 11.6. The van der Waals surface area contributed by atoms with E-state index in [0.29, 0.717) is 85.8 Å². The van der Waals surface area contributed by atoms with E-state index in [1.165, 1.54) is 0 Å². The average Bonchev–Trinajstić information content (AvgIpc) is 3.97. The molecule has 0 saturated carbocycles. The van der Waals surface area contributed by atoms with Crippen LogP contribution in [0.5, 0.6) is 0 Å². The van der Waals surface area contributed by atoms with E-state index in [1.807, 2.05) is 50.2 Å². The lowest BCUT2D eigenvalue weighted by Crippen LogP contribution is -2.37. The highest BCUT2D eigenvalue weighted by Crippen LogP contribution is 2.24. The quantitative estimate of drug-likeness (QED) is 0.0622. The fourth-order valence-corrected chi connectivity index (χ4v) is 4.89. The number of ether oxygens (including phenoxy) is 6. The Hall–Kier alpha value is -2.48. The summed E-state index contributed by atoms with van der Waals surface area (Å²) in [5.74, 6) is 2.89. The summed E-state index contributed by atoms with van der Waals surface area (Å²) in [5, 5.41) is 6.62. The minimum absolute atomic E-state index is 0.208. The molecule has 0 amide bonds. The van der Waals surface area contributed by atoms with Gasteiger partial charge in [0, 0.05) is 71.2 Å². The van der Waals surface area contributed by atoms with E-state index in [-0.39, 0.29) is 5.41 Å². The third-order valence-corrected chi connectivity index (χ3v) is 7.85. The Labute approximate surface area is 301 Å². The first-order valence-corrected chi connectivity index (χ1v) is 18.7. The monoisotopic (exact) mass is 706 g/mol. The number of hydrogen-bond acceptors (Lipinski definition) is 11. The third-order valence-electron chi connectivity index (χ3n) is 7.85. The molecule has 286 valence electrons. The molecule has 0 aliphatic carbocycles. The Kier molecular flexibility index (Phi) is 27.3. The lowest BCUT2D eigenvalue weighted by Gasteiger charge is -2.32. The summed E-state index contributed by atoms with van der Waals surface area (Å²) in [7, 11) is 0. The van der Waals surface area contributed by atoms with Crippen molar-refractivity contribution in [2.75, 3.05) is 92.4 Å². The molecule has 0 unspecified atom stereocenters. The van der Waals surface area contributed by atoms with E-state index in [1.54, 1.807) is 18.8 Å². The van der Waals surface area contributed by atoms with E-state index in [0.717, 1.165) is 81.9 Å². The number of furan rings is 3. The van der Waals surface area contributed by atoms with Crippen LogP contribution in [-0.2, 0) is 47.9 Å². The zero-order valence-corrected chi connectivity index (χ0v) is 31.1. The Morgan fingerprint density at radius 3 is 1.32 bits per heavy atom. The van der Waals surface area contributed by atoms with E-state index >= 15 is 0 Å². The predicted octanol–water partition coefficient (Wildman–Crippen LogP) is 7.06. The lowest BCUT2D eigenvalue weighted by molar-refractivity contribution is -0.0768. The molecule has 0 fully saturated rings. The van der Waals surface area contributed by atoms with Gasteiger partial charge in [0.15, 0.2) is 0 Å². The van der Waals surface area contributed by atoms with Crippen molar-refractivity contribution in [3.8, 4) is 0 Å². The molecule has 11 heteroatoms. The Bertz CT molecular complexity index is 930. The van der Waals surface area contributed by atoms with Crippen LogP contribution in [-0.4, -0.2) is 92.4 Å². The second-order valence-electron chi connectivity index (χ2n) is 12.0. The molecule has 0 aromatic carbocycles. The largest absolute Gasteiger partial charge is 0.469 e. The standard InChI is InChI=1S/C37H60N2O9.C2H6/c1-2-37(31-43-21-8-18-40-17-4-3-11-34-12-5-24-46-34,32-44-22-9-19-41-27-15-38-29-35-13-6-25-47-35)33-45-23-10-20-42-28-16-39-30-36-14-7-26-48-36;1-2/h5-7,12-14,24-26,38-39H,2-4,8-11,15-23,27-33H2,1H3;1-2H3. The normalized spacial score (nSPS) is 11.6. The molecule has 11 nitrogen and oxygen atoms in total. The second kappa shape index (κ2) is 31.3. The molecule has 0 aliphatic heterocycles. The molecule has 3 rings (SSSR count). The molecular formula is C39H66N2O9. The van der Waals surface area contributed by atoms with Gasteiger partial charge in [-0.1, -0.05) is 20.8 Å². The summed E-state index contributed by atoms with van der Waals surface area (Å²) in [6, 6.07) is 11.7. The zero-order valence-electron chi connectivity index (χ0n) is 31.1. The zero-order chi connectivity index (χ0) is 35.6. The molecule has 0 saturated heterocycles. The fraction of sp³-hybridized carbons (Fsp3) is 0.692. The van der Waals surface area contributed by atoms with Crippen LogP contribution in [0.4, 0.5) is 0 Å². The van der Waals surface area contributed by atoms with Gasteiger partial charge in [-0.2, -0.15) is 0 Å². The van der Waals surface area contributed by atoms with Gasteiger partial charge in [0.25, 0.3) is 0 Å². The van der Waals surface area contributed by atoms with Gasteiger partial charge in [-0.05, 0) is 74.9 Å². The average molecular weight is 707 g/mol. The van der Waals surface area contributed by atoms with Crippen LogP contribution >= 0.6 is 0 Å². The molecular weight excluding hydrogens is 640 g/mol. The van der Waals surface area contributed by atoms with Crippen LogP contribution in [0.2, 0.25) is 0 Å². The molecule has 3 heterocycles. The number of rotatable bonds is 34. The van der Waals surface area contributed by atoms with E-state index in [4.69, 9.17) is 41.7 Å². The van der Waals surface area contributed by atoms with E-state index in [2.05, 4.69) is 17.6 Å². The summed E-state index contributed by atoms with van der Waals surface area (Å²) in [5.41, 5.74) is -0.208. The van der Waals surface area contributed by atoms with Gasteiger partial charge < -0.3 is 52.3 Å². The summed E-state index contributed by atoms with van der Waals surface area (Å²) < 4.78 is 51.8. The molecule has 50 heavy (non-hydrogen) atoms. The number of aryl methyl sites for hydroxylation is 1. The van der Waals surface area contributed by atoms with Crippen molar-refractivity contribution in [3.05, 3.63) is 72.5 Å². The molecule has 0 spiro atoms. The molecule has 0 radical (unpaired) electrons. The smallest absolute Gasteiger partial charge is 0.117 e. The second-order valence-corrected chi connectivity index (χ2v) is 12.0. The molecule has 3 aromatic heterocycles.